The van der Waals surface area contributed by atoms with Crippen molar-refractivity contribution in [3.63, 3.8) is 0 Å². The maximum absolute atomic E-state index is 12.9. The Kier molecular flexibility index (Phi) is 7.46. The van der Waals surface area contributed by atoms with Gasteiger partial charge in [-0.3, -0.25) is 14.4 Å². The van der Waals surface area contributed by atoms with Crippen LogP contribution in [0.15, 0.2) is 12.7 Å². The fraction of sp³-hybridized carbons (Fsp3) is 0.571. The monoisotopic (exact) mass is 494 g/mol. The Morgan fingerprint density at radius 2 is 1.94 bits per heavy atom. The number of hydrogen-bond donors (Lipinski definition) is 2. The van der Waals surface area contributed by atoms with E-state index in [1.807, 2.05) is 0 Å². The van der Waals surface area contributed by atoms with E-state index in [0.29, 0.717) is 10.6 Å². The smallest absolute Gasteiger partial charge is 0.407 e. The first-order chi connectivity index (χ1) is 15.9. The predicted octanol–water partition coefficient (Wildman–Crippen LogP) is 1.44. The van der Waals surface area contributed by atoms with Gasteiger partial charge >= 0.3 is 12.1 Å². The van der Waals surface area contributed by atoms with Crippen molar-refractivity contribution in [2.45, 2.75) is 38.5 Å². The van der Waals surface area contributed by atoms with Crippen LogP contribution in [0.4, 0.5) is 9.59 Å². The minimum Gasteiger partial charge on any atom is -0.444 e. The number of amides is 5. The molecule has 0 spiro atoms. The molecule has 186 valence electrons. The second-order valence-electron chi connectivity index (χ2n) is 8.95. The molecule has 3 rings (SSSR count). The molecule has 3 heterocycles. The van der Waals surface area contributed by atoms with Gasteiger partial charge in [0.05, 0.1) is 23.7 Å². The van der Waals surface area contributed by atoms with Gasteiger partial charge in [-0.05, 0) is 20.8 Å². The maximum Gasteiger partial charge on any atom is 0.407 e. The number of hydrogen-bond acceptors (Lipinski definition) is 8. The Labute approximate surface area is 201 Å². The fourth-order valence-corrected chi connectivity index (χ4v) is 4.62. The van der Waals surface area contributed by atoms with Crippen molar-refractivity contribution >= 4 is 35.3 Å². The molecule has 12 nitrogen and oxygen atoms in total. The van der Waals surface area contributed by atoms with E-state index in [9.17, 15) is 19.2 Å². The molecule has 0 aliphatic carbocycles. The van der Waals surface area contributed by atoms with Crippen LogP contribution in [0, 0.1) is 0 Å². The van der Waals surface area contributed by atoms with E-state index in [1.54, 1.807) is 34.9 Å². The van der Waals surface area contributed by atoms with Crippen LogP contribution < -0.4 is 10.6 Å². The first kappa shape index (κ1) is 25.4. The highest BCUT2D eigenvalue weighted by Gasteiger charge is 2.53. The summed E-state index contributed by atoms with van der Waals surface area (Å²) < 4.78 is 5.15. The minimum atomic E-state index is -0.947. The van der Waals surface area contributed by atoms with E-state index >= 15 is 0 Å². The largest absolute Gasteiger partial charge is 0.444 e. The summed E-state index contributed by atoms with van der Waals surface area (Å²) in [5, 5.41) is 6.63. The Morgan fingerprint density at radius 3 is 2.56 bits per heavy atom. The Bertz CT molecular complexity index is 987. The number of aromatic nitrogens is 1. The van der Waals surface area contributed by atoms with Crippen molar-refractivity contribution in [3.05, 3.63) is 28.2 Å². The van der Waals surface area contributed by atoms with Gasteiger partial charge in [0, 0.05) is 27.2 Å². The van der Waals surface area contributed by atoms with Crippen LogP contribution in [-0.4, -0.2) is 89.7 Å². The number of hydroxylamine groups is 2. The highest BCUT2D eigenvalue weighted by molar-refractivity contribution is 7.13. The van der Waals surface area contributed by atoms with Gasteiger partial charge in [-0.15, -0.1) is 17.9 Å². The van der Waals surface area contributed by atoms with E-state index in [-0.39, 0.29) is 37.2 Å². The molecule has 2 aliphatic rings. The maximum atomic E-state index is 12.9. The Balaban J connectivity index is 1.74. The molecule has 2 bridgehead atoms. The number of likely N-dealkylation sites (N-methyl/N-ethyl adjacent to an activating group) is 1. The summed E-state index contributed by atoms with van der Waals surface area (Å²) in [5.41, 5.74) is -0.247. The van der Waals surface area contributed by atoms with Crippen molar-refractivity contribution < 1.29 is 28.8 Å². The lowest BCUT2D eigenvalue weighted by molar-refractivity contribution is -0.133. The number of rotatable bonds is 8. The third-order valence-corrected chi connectivity index (χ3v) is 6.09. The lowest BCUT2D eigenvalue weighted by Crippen LogP contribution is -2.43. The van der Waals surface area contributed by atoms with Crippen LogP contribution in [0.2, 0.25) is 0 Å². The minimum absolute atomic E-state index is 0.120. The first-order valence-corrected chi connectivity index (χ1v) is 11.6. The third kappa shape index (κ3) is 5.30. The molecule has 34 heavy (non-hydrogen) atoms. The SMILES string of the molecule is C=CCON1C(=O)N2C[C@H]1c1sc(C(=O)NCCNC(=O)OC(C)(C)C)nc1[C@@H]2C(=O)N(C)C. The molecule has 0 saturated carbocycles. The quantitative estimate of drug-likeness (QED) is 0.413. The van der Waals surface area contributed by atoms with Crippen molar-refractivity contribution in [2.24, 2.45) is 0 Å². The summed E-state index contributed by atoms with van der Waals surface area (Å²) in [6, 6.07) is -1.87. The number of fused-ring (bicyclic) bond motifs is 4. The molecule has 0 unspecified atom stereocenters. The summed E-state index contributed by atoms with van der Waals surface area (Å²) in [5.74, 6) is -0.769. The van der Waals surface area contributed by atoms with Gasteiger partial charge in [-0.1, -0.05) is 6.08 Å². The van der Waals surface area contributed by atoms with Crippen molar-refractivity contribution in [1.82, 2.24) is 30.5 Å². The molecule has 1 aromatic rings. The number of ether oxygens (including phenoxy) is 1. The standard InChI is InChI=1S/C21H30N6O6S/c1-7-10-32-27-12-11-26(20(27)31)14(18(29)25(5)6)13-15(12)34-17(24-13)16(28)22-8-9-23-19(30)33-21(2,3)4/h7,12,14H,1,8-11H2,2-6H3,(H,22,28)(H,23,30)/t12-,14+/m0/s1. The molecule has 0 radical (unpaired) electrons. The summed E-state index contributed by atoms with van der Waals surface area (Å²) in [4.78, 5) is 63.7. The highest BCUT2D eigenvalue weighted by atomic mass is 32.1. The van der Waals surface area contributed by atoms with E-state index in [0.717, 1.165) is 11.3 Å². The number of nitrogens with one attached hydrogen (secondary N) is 2. The normalized spacial score (nSPS) is 18.9. The number of urea groups is 1. The van der Waals surface area contributed by atoms with Gasteiger partial charge in [0.2, 0.25) is 0 Å². The van der Waals surface area contributed by atoms with Crippen LogP contribution in [-0.2, 0) is 14.4 Å². The zero-order valence-corrected chi connectivity index (χ0v) is 20.7. The van der Waals surface area contributed by atoms with Gasteiger partial charge < -0.3 is 25.2 Å². The number of nitrogens with zero attached hydrogens (tertiary/aromatic N) is 4. The summed E-state index contributed by atoms with van der Waals surface area (Å²) in [6.07, 6.45) is 0.941. The molecule has 2 aliphatic heterocycles. The zero-order valence-electron chi connectivity index (χ0n) is 19.9. The molecule has 13 heteroatoms. The fourth-order valence-electron chi connectivity index (χ4n) is 3.53. The van der Waals surface area contributed by atoms with Gasteiger partial charge in [-0.2, -0.15) is 5.06 Å². The second kappa shape index (κ2) is 9.97. The average Bonchev–Trinajstić information content (AvgIpc) is 3.30. The average molecular weight is 495 g/mol. The molecule has 0 aromatic carbocycles. The van der Waals surface area contributed by atoms with E-state index < -0.39 is 35.7 Å². The molecule has 1 fully saturated rings. The van der Waals surface area contributed by atoms with E-state index in [4.69, 9.17) is 9.57 Å². The summed E-state index contributed by atoms with van der Waals surface area (Å²) in [6.45, 7) is 9.56. The Hall–Kier alpha value is -3.19. The van der Waals surface area contributed by atoms with Crippen LogP contribution in [0.1, 0.15) is 53.2 Å². The van der Waals surface area contributed by atoms with Gasteiger partial charge in [-0.25, -0.2) is 14.6 Å². The van der Waals surface area contributed by atoms with Crippen molar-refractivity contribution in [1.29, 1.82) is 0 Å². The van der Waals surface area contributed by atoms with Crippen LogP contribution in [0.5, 0.6) is 0 Å². The number of carbonyl (C=O) groups is 4. The third-order valence-electron chi connectivity index (χ3n) is 4.92. The molecule has 2 N–H and O–H groups in total. The highest BCUT2D eigenvalue weighted by Crippen LogP contribution is 2.46. The topological polar surface area (TPSA) is 133 Å². The van der Waals surface area contributed by atoms with Gasteiger partial charge in [0.1, 0.15) is 11.6 Å². The van der Waals surface area contributed by atoms with Crippen LogP contribution in [0.25, 0.3) is 0 Å². The lowest BCUT2D eigenvalue weighted by Gasteiger charge is -2.30. The zero-order chi connectivity index (χ0) is 25.2. The van der Waals surface area contributed by atoms with Crippen LogP contribution in [0.3, 0.4) is 0 Å². The number of carbonyl (C=O) groups excluding carboxylic acids is 4. The molecular formula is C21H30N6O6S. The van der Waals surface area contributed by atoms with E-state index in [2.05, 4.69) is 22.2 Å². The number of alkyl carbamates (subject to hydrolysis) is 1. The molecular weight excluding hydrogens is 464 g/mol. The van der Waals surface area contributed by atoms with Gasteiger partial charge in [0.15, 0.2) is 11.0 Å². The summed E-state index contributed by atoms with van der Waals surface area (Å²) >= 11 is 1.11. The Morgan fingerprint density at radius 1 is 1.26 bits per heavy atom. The van der Waals surface area contributed by atoms with Crippen molar-refractivity contribution in [2.75, 3.05) is 40.3 Å². The van der Waals surface area contributed by atoms with Crippen molar-refractivity contribution in [3.8, 4) is 0 Å². The molecule has 1 aromatic heterocycles. The molecule has 1 saturated heterocycles. The second-order valence-corrected chi connectivity index (χ2v) is 9.98. The van der Waals surface area contributed by atoms with Crippen LogP contribution >= 0.6 is 11.3 Å². The summed E-state index contributed by atoms with van der Waals surface area (Å²) in [7, 11) is 3.19. The predicted molar refractivity (Wildman–Crippen MR) is 123 cm³/mol. The number of thiazole rings is 1. The van der Waals surface area contributed by atoms with E-state index in [1.165, 1.54) is 20.9 Å². The molecule has 2 atom stereocenters. The lowest BCUT2D eigenvalue weighted by atomic mass is 10.0. The first-order valence-electron chi connectivity index (χ1n) is 10.7. The molecule has 5 amide bonds. The van der Waals surface area contributed by atoms with Gasteiger partial charge in [0.25, 0.3) is 11.8 Å².